The lowest BCUT2D eigenvalue weighted by atomic mass is 10.4. The van der Waals surface area contributed by atoms with Gasteiger partial charge in [0.05, 0.1) is 0 Å². The quantitative estimate of drug-likeness (QED) is 0.588. The number of hydrogen-bond donors (Lipinski definition) is 2. The summed E-state index contributed by atoms with van der Waals surface area (Å²) in [5.74, 6) is -3.12. The number of rotatable bonds is 5. The molecule has 0 saturated heterocycles. The van der Waals surface area contributed by atoms with E-state index in [2.05, 4.69) is 0 Å². The molecule has 14 heavy (non-hydrogen) atoms. The first-order valence-corrected chi connectivity index (χ1v) is 3.82. The van der Waals surface area contributed by atoms with Gasteiger partial charge in [0, 0.05) is 0 Å². The molecule has 0 atom stereocenters. The summed E-state index contributed by atoms with van der Waals surface area (Å²) in [6.07, 6.45) is 2.53. The molecule has 0 aromatic rings. The molecule has 0 aliphatic rings. The Hall–Kier alpha value is -1.85. The molecule has 1 amide bonds. The van der Waals surface area contributed by atoms with Crippen molar-refractivity contribution >= 4 is 17.8 Å². The molecule has 0 spiro atoms. The van der Waals surface area contributed by atoms with Gasteiger partial charge in [-0.2, -0.15) is 0 Å². The van der Waals surface area contributed by atoms with E-state index in [4.69, 9.17) is 10.2 Å². The van der Waals surface area contributed by atoms with Crippen molar-refractivity contribution in [1.82, 2.24) is 4.90 Å². The minimum Gasteiger partial charge on any atom is -0.480 e. The van der Waals surface area contributed by atoms with Crippen LogP contribution in [0.15, 0.2) is 12.2 Å². The second-order valence-electron chi connectivity index (χ2n) is 2.48. The third kappa shape index (κ3) is 4.91. The predicted molar refractivity (Wildman–Crippen MR) is 46.7 cm³/mol. The Morgan fingerprint density at radius 1 is 1.14 bits per heavy atom. The second kappa shape index (κ2) is 5.74. The van der Waals surface area contributed by atoms with Crippen LogP contribution in [0.2, 0.25) is 0 Å². The lowest BCUT2D eigenvalue weighted by Crippen LogP contribution is -2.38. The maximum Gasteiger partial charge on any atom is 0.323 e. The summed E-state index contributed by atoms with van der Waals surface area (Å²) in [5.41, 5.74) is 0. The van der Waals surface area contributed by atoms with Gasteiger partial charge in [0.25, 0.3) is 0 Å². The summed E-state index contributed by atoms with van der Waals surface area (Å²) in [5, 5.41) is 16.8. The van der Waals surface area contributed by atoms with E-state index in [1.807, 2.05) is 0 Å². The third-order valence-electron chi connectivity index (χ3n) is 1.27. The fraction of sp³-hybridized carbons (Fsp3) is 0.375. The molecule has 0 saturated carbocycles. The molecule has 0 rings (SSSR count). The summed E-state index contributed by atoms with van der Waals surface area (Å²) < 4.78 is 0. The number of allylic oxidation sites excluding steroid dienone is 1. The molecule has 0 aliphatic carbocycles. The highest BCUT2D eigenvalue weighted by molar-refractivity contribution is 5.92. The summed E-state index contributed by atoms with van der Waals surface area (Å²) in [7, 11) is 0. The number of hydrogen-bond acceptors (Lipinski definition) is 3. The minimum atomic E-state index is -1.25. The Labute approximate surface area is 80.4 Å². The van der Waals surface area contributed by atoms with E-state index in [-0.39, 0.29) is 0 Å². The van der Waals surface area contributed by atoms with Crippen LogP contribution < -0.4 is 0 Å². The van der Waals surface area contributed by atoms with Crippen LogP contribution >= 0.6 is 0 Å². The zero-order valence-corrected chi connectivity index (χ0v) is 7.64. The maximum atomic E-state index is 11.1. The van der Waals surface area contributed by atoms with Gasteiger partial charge < -0.3 is 15.1 Å². The van der Waals surface area contributed by atoms with Crippen LogP contribution in [0.3, 0.4) is 0 Å². The first kappa shape index (κ1) is 12.2. The van der Waals surface area contributed by atoms with Gasteiger partial charge in [0.15, 0.2) is 0 Å². The molecule has 78 valence electrons. The highest BCUT2D eigenvalue weighted by atomic mass is 16.4. The Kier molecular flexibility index (Phi) is 4.98. The van der Waals surface area contributed by atoms with Crippen LogP contribution in [0.4, 0.5) is 0 Å². The number of carboxylic acids is 2. The summed E-state index contributed by atoms with van der Waals surface area (Å²) >= 11 is 0. The van der Waals surface area contributed by atoms with Crippen LogP contribution in [-0.2, 0) is 14.4 Å². The summed E-state index contributed by atoms with van der Waals surface area (Å²) in [6, 6.07) is 0. The highest BCUT2D eigenvalue weighted by Crippen LogP contribution is 1.92. The third-order valence-corrected chi connectivity index (χ3v) is 1.27. The number of carbonyl (C=O) groups excluding carboxylic acids is 1. The fourth-order valence-corrected chi connectivity index (χ4v) is 0.786. The first-order chi connectivity index (χ1) is 6.47. The zero-order valence-electron chi connectivity index (χ0n) is 7.64. The van der Waals surface area contributed by atoms with E-state index in [0.29, 0.717) is 0 Å². The van der Waals surface area contributed by atoms with E-state index >= 15 is 0 Å². The van der Waals surface area contributed by atoms with Crippen molar-refractivity contribution in [2.24, 2.45) is 0 Å². The number of amides is 1. The SMILES string of the molecule is CC=CC(=O)N(CC(=O)O)CC(=O)O. The Balaban J connectivity index is 4.45. The van der Waals surface area contributed by atoms with Gasteiger partial charge in [-0.05, 0) is 13.0 Å². The van der Waals surface area contributed by atoms with E-state index in [1.165, 1.54) is 6.08 Å². The van der Waals surface area contributed by atoms with E-state index in [1.54, 1.807) is 6.92 Å². The normalized spacial score (nSPS) is 10.1. The van der Waals surface area contributed by atoms with Gasteiger partial charge in [-0.25, -0.2) is 0 Å². The lowest BCUT2D eigenvalue weighted by Gasteiger charge is -2.15. The zero-order chi connectivity index (χ0) is 11.1. The monoisotopic (exact) mass is 201 g/mol. The molecule has 0 radical (unpaired) electrons. The van der Waals surface area contributed by atoms with Gasteiger partial charge in [-0.3, -0.25) is 14.4 Å². The van der Waals surface area contributed by atoms with Crippen molar-refractivity contribution in [3.63, 3.8) is 0 Å². The van der Waals surface area contributed by atoms with E-state index < -0.39 is 30.9 Å². The average molecular weight is 201 g/mol. The van der Waals surface area contributed by atoms with Crippen molar-refractivity contribution < 1.29 is 24.6 Å². The number of nitrogens with zero attached hydrogens (tertiary/aromatic N) is 1. The van der Waals surface area contributed by atoms with Crippen molar-refractivity contribution in [2.45, 2.75) is 6.92 Å². The molecule has 0 bridgehead atoms. The smallest absolute Gasteiger partial charge is 0.323 e. The number of aliphatic carboxylic acids is 2. The maximum absolute atomic E-state index is 11.1. The van der Waals surface area contributed by atoms with Crippen molar-refractivity contribution in [3.8, 4) is 0 Å². The van der Waals surface area contributed by atoms with Gasteiger partial charge >= 0.3 is 11.9 Å². The Morgan fingerprint density at radius 2 is 1.57 bits per heavy atom. The molecule has 0 aliphatic heterocycles. The number of carbonyl (C=O) groups is 3. The highest BCUT2D eigenvalue weighted by Gasteiger charge is 2.16. The fourth-order valence-electron chi connectivity index (χ4n) is 0.786. The van der Waals surface area contributed by atoms with E-state index in [0.717, 1.165) is 11.0 Å². The van der Waals surface area contributed by atoms with Gasteiger partial charge in [-0.1, -0.05) is 6.08 Å². The number of carboxylic acid groups (broad SMARTS) is 2. The van der Waals surface area contributed by atoms with Crippen LogP contribution in [-0.4, -0.2) is 46.0 Å². The lowest BCUT2D eigenvalue weighted by molar-refractivity contribution is -0.147. The molecule has 0 unspecified atom stereocenters. The van der Waals surface area contributed by atoms with Crippen molar-refractivity contribution in [2.75, 3.05) is 13.1 Å². The molecule has 0 heterocycles. The van der Waals surface area contributed by atoms with Crippen LogP contribution in [0.1, 0.15) is 6.92 Å². The predicted octanol–water partition coefficient (Wildman–Crippen LogP) is -0.440. The molecule has 6 heteroatoms. The summed E-state index contributed by atoms with van der Waals surface area (Å²) in [6.45, 7) is 0.350. The molecule has 0 aromatic heterocycles. The second-order valence-corrected chi connectivity index (χ2v) is 2.48. The van der Waals surface area contributed by atoms with Crippen molar-refractivity contribution in [3.05, 3.63) is 12.2 Å². The average Bonchev–Trinajstić information content (AvgIpc) is 2.01. The first-order valence-electron chi connectivity index (χ1n) is 3.82. The molecule has 2 N–H and O–H groups in total. The van der Waals surface area contributed by atoms with Crippen LogP contribution in [0, 0.1) is 0 Å². The molecular formula is C8H11NO5. The van der Waals surface area contributed by atoms with Gasteiger partial charge in [0.2, 0.25) is 5.91 Å². The van der Waals surface area contributed by atoms with Crippen molar-refractivity contribution in [1.29, 1.82) is 0 Å². The summed E-state index contributed by atoms with van der Waals surface area (Å²) in [4.78, 5) is 32.4. The molecule has 6 nitrogen and oxygen atoms in total. The van der Waals surface area contributed by atoms with E-state index in [9.17, 15) is 14.4 Å². The Morgan fingerprint density at radius 3 is 1.86 bits per heavy atom. The molecule has 0 aromatic carbocycles. The largest absolute Gasteiger partial charge is 0.480 e. The van der Waals surface area contributed by atoms with Crippen LogP contribution in [0.5, 0.6) is 0 Å². The Bertz CT molecular complexity index is 255. The molecular weight excluding hydrogens is 190 g/mol. The van der Waals surface area contributed by atoms with Gasteiger partial charge in [0.1, 0.15) is 13.1 Å². The standard InChI is InChI=1S/C8H11NO5/c1-2-3-6(10)9(4-7(11)12)5-8(13)14/h2-3H,4-5H2,1H3,(H,11,12)(H,13,14). The van der Waals surface area contributed by atoms with Gasteiger partial charge in [-0.15, -0.1) is 0 Å². The van der Waals surface area contributed by atoms with Crippen LogP contribution in [0.25, 0.3) is 0 Å². The topological polar surface area (TPSA) is 94.9 Å². The molecule has 0 fully saturated rings. The minimum absolute atomic E-state index is 0.616.